The molecule has 1 aliphatic heterocycles. The highest BCUT2D eigenvalue weighted by Gasteiger charge is 2.28. The summed E-state index contributed by atoms with van der Waals surface area (Å²) in [6.45, 7) is 3.46. The molecule has 106 valence electrons. The van der Waals surface area contributed by atoms with Crippen LogP contribution in [0.4, 0.5) is 0 Å². The molecule has 7 heteroatoms. The van der Waals surface area contributed by atoms with Crippen LogP contribution in [0.25, 0.3) is 0 Å². The molecular weight excluding hydrogens is 334 g/mol. The molecule has 2 atom stereocenters. The van der Waals surface area contributed by atoms with E-state index < -0.39 is 0 Å². The van der Waals surface area contributed by atoms with Gasteiger partial charge in [0.25, 0.3) is 5.91 Å². The highest BCUT2D eigenvalue weighted by Crippen LogP contribution is 2.29. The minimum Gasteiger partial charge on any atom is -0.378 e. The maximum atomic E-state index is 12.2. The maximum Gasteiger partial charge on any atom is 0.269 e. The number of nitrogens with one attached hydrogen (secondary N) is 3. The van der Waals surface area contributed by atoms with Crippen LogP contribution in [0.5, 0.6) is 0 Å². The Morgan fingerprint density at radius 1 is 1.58 bits per heavy atom. The Morgan fingerprint density at radius 3 is 2.89 bits per heavy atom. The Morgan fingerprint density at radius 2 is 2.32 bits per heavy atom. The molecule has 1 saturated heterocycles. The quantitative estimate of drug-likeness (QED) is 0.779. The number of aromatic nitrogens is 1. The van der Waals surface area contributed by atoms with E-state index in [0.29, 0.717) is 10.7 Å². The molecule has 1 aliphatic rings. The molecule has 0 unspecified atom stereocenters. The lowest BCUT2D eigenvalue weighted by atomic mass is 10.0. The number of carbonyl (C=O) groups excluding carboxylic acids is 1. The molecule has 2 heterocycles. The van der Waals surface area contributed by atoms with Crippen LogP contribution >= 0.6 is 27.5 Å². The number of hydrogen-bond donors (Lipinski definition) is 3. The predicted molar refractivity (Wildman–Crippen MR) is 77.8 cm³/mol. The van der Waals surface area contributed by atoms with Gasteiger partial charge < -0.3 is 20.4 Å². The Labute approximate surface area is 125 Å². The van der Waals surface area contributed by atoms with Crippen LogP contribution < -0.4 is 10.6 Å². The molecule has 2 rings (SSSR count). The van der Waals surface area contributed by atoms with Crippen LogP contribution in [-0.2, 0) is 4.74 Å². The lowest BCUT2D eigenvalue weighted by molar-refractivity contribution is 0.0475. The lowest BCUT2D eigenvalue weighted by Gasteiger charge is -2.31. The first kappa shape index (κ1) is 14.8. The van der Waals surface area contributed by atoms with Crippen molar-refractivity contribution in [3.63, 3.8) is 0 Å². The van der Waals surface area contributed by atoms with E-state index in [0.717, 1.165) is 29.7 Å². The van der Waals surface area contributed by atoms with E-state index in [1.807, 2.05) is 6.92 Å². The second-order valence-corrected chi connectivity index (χ2v) is 5.77. The maximum absolute atomic E-state index is 12.2. The van der Waals surface area contributed by atoms with Crippen LogP contribution in [-0.4, -0.2) is 43.2 Å². The molecule has 0 spiro atoms. The molecular formula is C12H17BrClN3O2. The van der Waals surface area contributed by atoms with Gasteiger partial charge in [-0.3, -0.25) is 4.79 Å². The van der Waals surface area contributed by atoms with Crippen molar-refractivity contribution in [2.45, 2.75) is 25.5 Å². The summed E-state index contributed by atoms with van der Waals surface area (Å²) in [5.74, 6) is -0.201. The number of ether oxygens (including phenoxy) is 1. The number of piperidine rings is 1. The zero-order valence-corrected chi connectivity index (χ0v) is 13.2. The molecule has 19 heavy (non-hydrogen) atoms. The van der Waals surface area contributed by atoms with Gasteiger partial charge in [0.1, 0.15) is 5.69 Å². The summed E-state index contributed by atoms with van der Waals surface area (Å²) in [4.78, 5) is 15.2. The third-order valence-electron chi connectivity index (χ3n) is 3.33. The average molecular weight is 351 g/mol. The van der Waals surface area contributed by atoms with Gasteiger partial charge in [-0.25, -0.2) is 0 Å². The van der Waals surface area contributed by atoms with Gasteiger partial charge in [-0.2, -0.15) is 0 Å². The Kier molecular flexibility index (Phi) is 4.89. The van der Waals surface area contributed by atoms with Crippen molar-refractivity contribution in [3.8, 4) is 0 Å². The third-order valence-corrected chi connectivity index (χ3v) is 4.92. The zero-order valence-electron chi connectivity index (χ0n) is 10.8. The van der Waals surface area contributed by atoms with E-state index in [1.54, 1.807) is 7.11 Å². The molecule has 5 nitrogen and oxygen atoms in total. The number of carbonyl (C=O) groups is 1. The number of methoxy groups -OCH3 is 1. The molecule has 0 bridgehead atoms. The van der Waals surface area contributed by atoms with Crippen molar-refractivity contribution < 1.29 is 9.53 Å². The number of halogens is 2. The summed E-state index contributed by atoms with van der Waals surface area (Å²) < 4.78 is 6.10. The number of aryl methyl sites for hydroxylation is 1. The van der Waals surface area contributed by atoms with E-state index in [1.165, 1.54) is 0 Å². The van der Waals surface area contributed by atoms with Crippen molar-refractivity contribution in [2.75, 3.05) is 20.2 Å². The van der Waals surface area contributed by atoms with Crippen molar-refractivity contribution in [1.29, 1.82) is 0 Å². The van der Waals surface area contributed by atoms with Gasteiger partial charge in [-0.1, -0.05) is 11.6 Å². The Hall–Kier alpha value is -0.560. The fraction of sp³-hybridized carbons (Fsp3) is 0.583. The van der Waals surface area contributed by atoms with Gasteiger partial charge in [0.2, 0.25) is 0 Å². The van der Waals surface area contributed by atoms with Crippen molar-refractivity contribution >= 4 is 33.4 Å². The highest BCUT2D eigenvalue weighted by atomic mass is 79.9. The summed E-state index contributed by atoms with van der Waals surface area (Å²) >= 11 is 9.46. The number of aromatic amines is 1. The largest absolute Gasteiger partial charge is 0.378 e. The molecule has 3 N–H and O–H groups in total. The average Bonchev–Trinajstić information content (AvgIpc) is 2.67. The Balaban J connectivity index is 2.09. The van der Waals surface area contributed by atoms with E-state index >= 15 is 0 Å². The topological polar surface area (TPSA) is 66.2 Å². The van der Waals surface area contributed by atoms with E-state index in [2.05, 4.69) is 31.5 Å². The van der Waals surface area contributed by atoms with Crippen molar-refractivity contribution in [2.24, 2.45) is 0 Å². The van der Waals surface area contributed by atoms with Crippen LogP contribution in [0.3, 0.4) is 0 Å². The zero-order chi connectivity index (χ0) is 14.0. The van der Waals surface area contributed by atoms with Gasteiger partial charge in [-0.15, -0.1) is 0 Å². The minimum atomic E-state index is -0.201. The van der Waals surface area contributed by atoms with Gasteiger partial charge in [0, 0.05) is 19.3 Å². The number of hydrogen-bond acceptors (Lipinski definition) is 3. The normalized spacial score (nSPS) is 23.4. The molecule has 0 aromatic carbocycles. The van der Waals surface area contributed by atoms with E-state index in [9.17, 15) is 4.79 Å². The van der Waals surface area contributed by atoms with E-state index in [4.69, 9.17) is 16.3 Å². The third kappa shape index (κ3) is 3.13. The molecule has 0 aliphatic carbocycles. The lowest BCUT2D eigenvalue weighted by Crippen LogP contribution is -2.53. The fourth-order valence-corrected chi connectivity index (χ4v) is 2.78. The summed E-state index contributed by atoms with van der Waals surface area (Å²) in [7, 11) is 1.65. The second-order valence-electron chi connectivity index (χ2n) is 4.60. The number of H-pyrrole nitrogens is 1. The first-order valence-electron chi connectivity index (χ1n) is 6.12. The standard InChI is InChI=1S/C12H17BrClN3O2/c1-6-9(13)10(14)11(16-6)12(18)17-7-3-4-15-5-8(7)19-2/h7-8,15-16H,3-5H2,1-2H3,(H,17,18)/t7-,8+/m1/s1. The first-order valence-corrected chi connectivity index (χ1v) is 7.29. The monoisotopic (exact) mass is 349 g/mol. The van der Waals surface area contributed by atoms with Gasteiger partial charge in [0.15, 0.2) is 0 Å². The number of amides is 1. The molecule has 1 aromatic rings. The van der Waals surface area contributed by atoms with Crippen LogP contribution in [0.2, 0.25) is 5.02 Å². The predicted octanol–water partition coefficient (Wildman–Crippen LogP) is 1.85. The number of rotatable bonds is 3. The summed E-state index contributed by atoms with van der Waals surface area (Å²) in [5, 5.41) is 6.63. The smallest absolute Gasteiger partial charge is 0.269 e. The molecule has 1 fully saturated rings. The summed E-state index contributed by atoms with van der Waals surface area (Å²) in [6, 6.07) is -0.00259. The van der Waals surface area contributed by atoms with Crippen molar-refractivity contribution in [1.82, 2.24) is 15.6 Å². The molecule has 1 aromatic heterocycles. The van der Waals surface area contributed by atoms with Crippen LogP contribution in [0.1, 0.15) is 22.6 Å². The van der Waals surface area contributed by atoms with Gasteiger partial charge in [0.05, 0.1) is 21.6 Å². The molecule has 0 radical (unpaired) electrons. The molecule has 1 amide bonds. The van der Waals surface area contributed by atoms with Crippen LogP contribution in [0, 0.1) is 6.92 Å². The van der Waals surface area contributed by atoms with Crippen molar-refractivity contribution in [3.05, 3.63) is 20.9 Å². The van der Waals surface area contributed by atoms with Crippen LogP contribution in [0.15, 0.2) is 4.47 Å². The summed E-state index contributed by atoms with van der Waals surface area (Å²) in [6.07, 6.45) is 0.818. The van der Waals surface area contributed by atoms with E-state index in [-0.39, 0.29) is 18.1 Å². The summed E-state index contributed by atoms with van der Waals surface area (Å²) in [5.41, 5.74) is 1.23. The fourth-order valence-electron chi connectivity index (χ4n) is 2.21. The molecule has 0 saturated carbocycles. The Bertz CT molecular complexity index is 478. The first-order chi connectivity index (χ1) is 9.04. The second kappa shape index (κ2) is 6.26. The van der Waals surface area contributed by atoms with Gasteiger partial charge >= 0.3 is 0 Å². The SMILES string of the molecule is CO[C@H]1CNCC[C@H]1NC(=O)c1[nH]c(C)c(Br)c1Cl. The highest BCUT2D eigenvalue weighted by molar-refractivity contribution is 9.10. The van der Waals surface area contributed by atoms with Gasteiger partial charge in [-0.05, 0) is 35.8 Å². The minimum absolute atomic E-state index is 0.00259.